The van der Waals surface area contributed by atoms with Crippen LogP contribution in [0.3, 0.4) is 0 Å². The molecule has 1 heterocycles. The lowest BCUT2D eigenvalue weighted by molar-refractivity contribution is -0.144. The Morgan fingerprint density at radius 2 is 1.62 bits per heavy atom. The first kappa shape index (κ1) is 47.3. The molecule has 56 heavy (non-hydrogen) atoms. The SMILES string of the molecule is CO[C@@H]1/C=C(C)/C=C/[C@@H](C)/C=C(\C)C(=O)O[C@H](/C(C)=C/C=C(\C)CNC(=O)[C@H](CO)NC(=O)c2ccccc2)[C@@H](C)/C=C/C=C/[C@@H](OC)CC/C=C(C)\C=C\C1. The average molecular weight is 769 g/mol. The highest BCUT2D eigenvalue weighted by molar-refractivity contribution is 5.97. The van der Waals surface area contributed by atoms with Crippen molar-refractivity contribution in [2.75, 3.05) is 27.4 Å². The Hall–Kier alpha value is -4.83. The number of benzene rings is 1. The molecule has 1 aliphatic heterocycles. The van der Waals surface area contributed by atoms with Crippen molar-refractivity contribution in [3.8, 4) is 0 Å². The third-order valence-corrected chi connectivity index (χ3v) is 9.24. The number of allylic oxidation sites excluding steroid dienone is 11. The Labute approximate surface area is 335 Å². The molecule has 1 aromatic rings. The summed E-state index contributed by atoms with van der Waals surface area (Å²) in [7, 11) is 3.42. The molecule has 0 fully saturated rings. The molecule has 3 N–H and O–H groups in total. The van der Waals surface area contributed by atoms with Gasteiger partial charge >= 0.3 is 5.97 Å². The molecule has 0 aliphatic carbocycles. The summed E-state index contributed by atoms with van der Waals surface area (Å²) in [6, 6.07) is 7.40. The molecule has 2 amide bonds. The predicted molar refractivity (Wildman–Crippen MR) is 227 cm³/mol. The van der Waals surface area contributed by atoms with Gasteiger partial charge in [0.05, 0.1) is 18.8 Å². The number of carbonyl (C=O) groups is 3. The maximum atomic E-state index is 13.5. The molecule has 0 unspecified atom stereocenters. The second-order valence-electron chi connectivity index (χ2n) is 14.4. The topological polar surface area (TPSA) is 123 Å². The van der Waals surface area contributed by atoms with Crippen molar-refractivity contribution >= 4 is 17.8 Å². The minimum atomic E-state index is -1.10. The monoisotopic (exact) mass is 768 g/mol. The Morgan fingerprint density at radius 3 is 2.30 bits per heavy atom. The highest BCUT2D eigenvalue weighted by Crippen LogP contribution is 2.21. The van der Waals surface area contributed by atoms with Crippen LogP contribution in [0.15, 0.2) is 137 Å². The Bertz CT molecular complexity index is 1690. The van der Waals surface area contributed by atoms with E-state index in [2.05, 4.69) is 47.9 Å². The first-order valence-electron chi connectivity index (χ1n) is 19.4. The third kappa shape index (κ3) is 18.2. The van der Waals surface area contributed by atoms with Crippen LogP contribution >= 0.6 is 0 Å². The predicted octanol–water partition coefficient (Wildman–Crippen LogP) is 8.25. The summed E-state index contributed by atoms with van der Waals surface area (Å²) >= 11 is 0. The minimum absolute atomic E-state index is 0.0192. The van der Waals surface area contributed by atoms with Gasteiger partial charge in [-0.3, -0.25) is 9.59 Å². The van der Waals surface area contributed by atoms with Crippen LogP contribution in [0.1, 0.15) is 78.1 Å². The zero-order valence-corrected chi connectivity index (χ0v) is 34.8. The molecular weight excluding hydrogens is 705 g/mol. The third-order valence-electron chi connectivity index (χ3n) is 9.24. The molecule has 0 spiro atoms. The number of carbonyl (C=O) groups excluding carboxylic acids is 3. The molecule has 0 bridgehead atoms. The summed E-state index contributed by atoms with van der Waals surface area (Å²) < 4.78 is 17.6. The number of hydrogen-bond acceptors (Lipinski definition) is 7. The van der Waals surface area contributed by atoms with Crippen molar-refractivity contribution in [3.63, 3.8) is 0 Å². The molecule has 9 nitrogen and oxygen atoms in total. The number of methoxy groups -OCH3 is 2. The summed E-state index contributed by atoms with van der Waals surface area (Å²) in [5.41, 5.74) is 4.79. The molecule has 0 aromatic heterocycles. The van der Waals surface area contributed by atoms with E-state index in [-0.39, 0.29) is 30.6 Å². The van der Waals surface area contributed by atoms with Gasteiger partial charge in [0.1, 0.15) is 12.1 Å². The van der Waals surface area contributed by atoms with Gasteiger partial charge in [-0.05, 0) is 77.5 Å². The number of aliphatic hydroxyl groups excluding tert-OH is 1. The molecule has 0 radical (unpaired) electrons. The number of hydrogen-bond donors (Lipinski definition) is 3. The van der Waals surface area contributed by atoms with E-state index in [9.17, 15) is 19.5 Å². The number of nitrogens with one attached hydrogen (secondary N) is 2. The summed E-state index contributed by atoms with van der Waals surface area (Å²) in [5.74, 6) is -1.56. The molecule has 0 saturated carbocycles. The van der Waals surface area contributed by atoms with Crippen molar-refractivity contribution in [1.82, 2.24) is 10.6 Å². The fourth-order valence-electron chi connectivity index (χ4n) is 5.78. The largest absolute Gasteiger partial charge is 0.454 e. The Balaban J connectivity index is 2.32. The molecule has 9 heteroatoms. The van der Waals surface area contributed by atoms with Gasteiger partial charge in [-0.1, -0.05) is 128 Å². The van der Waals surface area contributed by atoms with E-state index >= 15 is 0 Å². The summed E-state index contributed by atoms with van der Waals surface area (Å²) in [4.78, 5) is 38.9. The zero-order valence-electron chi connectivity index (χ0n) is 34.8. The molecular formula is C47H64N2O7. The van der Waals surface area contributed by atoms with Crippen LogP contribution in [0.2, 0.25) is 0 Å². The first-order chi connectivity index (χ1) is 26.8. The quantitative estimate of drug-likeness (QED) is 0.162. The van der Waals surface area contributed by atoms with E-state index in [4.69, 9.17) is 14.2 Å². The molecule has 1 aromatic carbocycles. The second kappa shape index (κ2) is 26.1. The highest BCUT2D eigenvalue weighted by Gasteiger charge is 2.23. The Morgan fingerprint density at radius 1 is 0.929 bits per heavy atom. The number of ether oxygens (including phenoxy) is 3. The number of rotatable bonds is 10. The van der Waals surface area contributed by atoms with Crippen molar-refractivity contribution in [2.24, 2.45) is 11.8 Å². The first-order valence-corrected chi connectivity index (χ1v) is 19.4. The van der Waals surface area contributed by atoms with Crippen LogP contribution in [0, 0.1) is 11.8 Å². The zero-order chi connectivity index (χ0) is 41.5. The Kier molecular flexibility index (Phi) is 22.1. The molecule has 1 aliphatic rings. The summed E-state index contributed by atoms with van der Waals surface area (Å²) in [6.07, 6.45) is 28.0. The maximum Gasteiger partial charge on any atom is 0.334 e. The van der Waals surface area contributed by atoms with Crippen molar-refractivity contribution in [1.29, 1.82) is 0 Å². The lowest BCUT2D eigenvalue weighted by Gasteiger charge is -2.23. The van der Waals surface area contributed by atoms with E-state index in [1.165, 1.54) is 5.57 Å². The van der Waals surface area contributed by atoms with Crippen LogP contribution < -0.4 is 10.6 Å². The van der Waals surface area contributed by atoms with Crippen LogP contribution in [0.5, 0.6) is 0 Å². The lowest BCUT2D eigenvalue weighted by Crippen LogP contribution is -2.49. The van der Waals surface area contributed by atoms with E-state index in [1.807, 2.05) is 83.2 Å². The number of amides is 2. The number of aliphatic hydroxyl groups is 1. The smallest absolute Gasteiger partial charge is 0.334 e. The number of cyclic esters (lactones) is 1. The maximum absolute atomic E-state index is 13.5. The van der Waals surface area contributed by atoms with Gasteiger partial charge in [0.15, 0.2) is 0 Å². The van der Waals surface area contributed by atoms with Crippen molar-refractivity contribution in [2.45, 2.75) is 92.1 Å². The normalized spacial score (nSPS) is 28.3. The van der Waals surface area contributed by atoms with Gasteiger partial charge in [0, 0.05) is 37.8 Å². The molecule has 2 rings (SSSR count). The van der Waals surface area contributed by atoms with Crippen LogP contribution in [-0.4, -0.2) is 74.6 Å². The van der Waals surface area contributed by atoms with Crippen LogP contribution in [0.4, 0.5) is 0 Å². The van der Waals surface area contributed by atoms with Crippen molar-refractivity contribution in [3.05, 3.63) is 143 Å². The minimum Gasteiger partial charge on any atom is -0.454 e. The van der Waals surface area contributed by atoms with E-state index < -0.39 is 36.5 Å². The highest BCUT2D eigenvalue weighted by atomic mass is 16.5. The fourth-order valence-corrected chi connectivity index (χ4v) is 5.78. The standard InChI is InChI=1S/C47H64N2O7/c1-33-17-15-23-41(54-8)22-14-13-19-37(5)44(56-47(53)39(7)29-34(2)25-26-35(3)30-42(55-9)24-16-18-33)38(6)28-27-36(4)31-48-46(52)43(32-50)49-45(51)40-20-11-10-12-21-40/h10-14,16-22,25-30,34,37,41-44,50H,15,23-24,31-32H2,1-9H3,(H,48,52)(H,49,51)/b18-16+,19-13+,22-14+,26-25+,33-17-,35-30+,36-27+,38-28+,39-29+/t34-,37+,41-,42+,43+,44+/m1/s1. The molecule has 0 saturated heterocycles. The van der Waals surface area contributed by atoms with E-state index in [0.717, 1.165) is 36.0 Å². The molecule has 304 valence electrons. The van der Waals surface area contributed by atoms with Gasteiger partial charge in [-0.15, -0.1) is 0 Å². The van der Waals surface area contributed by atoms with Gasteiger partial charge in [-0.2, -0.15) is 0 Å². The second-order valence-corrected chi connectivity index (χ2v) is 14.4. The van der Waals surface area contributed by atoms with Crippen LogP contribution in [0.25, 0.3) is 0 Å². The van der Waals surface area contributed by atoms with Gasteiger partial charge in [-0.25, -0.2) is 4.79 Å². The summed E-state index contributed by atoms with van der Waals surface area (Å²) in [6.45, 7) is 13.3. The van der Waals surface area contributed by atoms with Gasteiger partial charge < -0.3 is 30.0 Å². The van der Waals surface area contributed by atoms with E-state index in [0.29, 0.717) is 11.1 Å². The van der Waals surface area contributed by atoms with Gasteiger partial charge in [0.2, 0.25) is 5.91 Å². The van der Waals surface area contributed by atoms with Gasteiger partial charge in [0.25, 0.3) is 5.91 Å². The van der Waals surface area contributed by atoms with E-state index in [1.54, 1.807) is 51.5 Å². The summed E-state index contributed by atoms with van der Waals surface area (Å²) in [5, 5.41) is 15.1. The molecule has 6 atom stereocenters. The average Bonchev–Trinajstić information content (AvgIpc) is 3.19. The van der Waals surface area contributed by atoms with Crippen LogP contribution in [-0.2, 0) is 23.8 Å². The van der Waals surface area contributed by atoms with Crippen molar-refractivity contribution < 1.29 is 33.7 Å². The fraction of sp³-hybridized carbons (Fsp3) is 0.426. The lowest BCUT2D eigenvalue weighted by atomic mass is 9.96. The number of esters is 1.